The molecule has 0 atom stereocenters. The van der Waals surface area contributed by atoms with Crippen molar-refractivity contribution in [3.63, 3.8) is 0 Å². The highest BCUT2D eigenvalue weighted by molar-refractivity contribution is 5.99. The van der Waals surface area contributed by atoms with Crippen molar-refractivity contribution in [2.45, 2.75) is 19.3 Å². The van der Waals surface area contributed by atoms with Gasteiger partial charge in [0.05, 0.1) is 12.1 Å². The molecule has 0 saturated heterocycles. The van der Waals surface area contributed by atoms with Gasteiger partial charge in [0.15, 0.2) is 6.61 Å². The summed E-state index contributed by atoms with van der Waals surface area (Å²) in [5.41, 5.74) is 9.16. The Labute approximate surface area is 163 Å². The van der Waals surface area contributed by atoms with Crippen LogP contribution >= 0.6 is 0 Å². The molecule has 0 spiro atoms. The number of nitrogens with two attached hydrogens (primary N) is 1. The zero-order chi connectivity index (χ0) is 19.7. The summed E-state index contributed by atoms with van der Waals surface area (Å²) in [4.78, 5) is 26.0. The molecule has 6 heteroatoms. The van der Waals surface area contributed by atoms with Gasteiger partial charge in [-0.15, -0.1) is 0 Å². The van der Waals surface area contributed by atoms with E-state index in [4.69, 9.17) is 10.5 Å². The Kier molecular flexibility index (Phi) is 4.77. The van der Waals surface area contributed by atoms with E-state index in [1.807, 2.05) is 48.5 Å². The highest BCUT2D eigenvalue weighted by Gasteiger charge is 2.25. The molecule has 6 nitrogen and oxygen atoms in total. The summed E-state index contributed by atoms with van der Waals surface area (Å²) in [6.07, 6.45) is 4.03. The van der Waals surface area contributed by atoms with E-state index < -0.39 is 5.91 Å². The fraction of sp³-hybridized carbons (Fsp3) is 0.273. The number of rotatable bonds is 5. The SMILES string of the molecule is Cn1cc(CC(=O)N2CCCc3c(OCC(N)=O)cccc32)c2ccccc21. The Morgan fingerprint density at radius 1 is 1.14 bits per heavy atom. The van der Waals surface area contributed by atoms with Crippen LogP contribution in [0.3, 0.4) is 0 Å². The predicted molar refractivity (Wildman–Crippen MR) is 108 cm³/mol. The van der Waals surface area contributed by atoms with Gasteiger partial charge in [-0.3, -0.25) is 9.59 Å². The third kappa shape index (κ3) is 3.33. The first-order valence-electron chi connectivity index (χ1n) is 9.41. The molecule has 0 unspecified atom stereocenters. The van der Waals surface area contributed by atoms with Crippen LogP contribution in [0, 0.1) is 0 Å². The van der Waals surface area contributed by atoms with Crippen LogP contribution in [0.5, 0.6) is 5.75 Å². The number of amides is 2. The second kappa shape index (κ2) is 7.38. The summed E-state index contributed by atoms with van der Waals surface area (Å²) < 4.78 is 7.61. The van der Waals surface area contributed by atoms with Crippen molar-refractivity contribution in [3.05, 3.63) is 59.8 Å². The van der Waals surface area contributed by atoms with Crippen molar-refractivity contribution in [2.24, 2.45) is 12.8 Å². The van der Waals surface area contributed by atoms with E-state index in [-0.39, 0.29) is 12.5 Å². The number of hydrogen-bond acceptors (Lipinski definition) is 3. The Hall–Kier alpha value is -3.28. The zero-order valence-corrected chi connectivity index (χ0v) is 15.9. The lowest BCUT2D eigenvalue weighted by Gasteiger charge is -2.30. The van der Waals surface area contributed by atoms with Crippen LogP contribution in [-0.2, 0) is 29.5 Å². The molecule has 4 rings (SSSR count). The Balaban J connectivity index is 1.61. The number of nitrogens with zero attached hydrogens (tertiary/aromatic N) is 2. The quantitative estimate of drug-likeness (QED) is 0.742. The van der Waals surface area contributed by atoms with Crippen LogP contribution in [0.2, 0.25) is 0 Å². The molecule has 2 N–H and O–H groups in total. The molecular formula is C22H23N3O3. The molecule has 144 valence electrons. The summed E-state index contributed by atoms with van der Waals surface area (Å²) in [7, 11) is 1.99. The zero-order valence-electron chi connectivity index (χ0n) is 15.9. The average Bonchev–Trinajstić information content (AvgIpc) is 3.01. The molecule has 0 radical (unpaired) electrons. The number of benzene rings is 2. The summed E-state index contributed by atoms with van der Waals surface area (Å²) >= 11 is 0. The maximum absolute atomic E-state index is 13.2. The number of hydrogen-bond donors (Lipinski definition) is 1. The lowest BCUT2D eigenvalue weighted by Crippen LogP contribution is -2.36. The van der Waals surface area contributed by atoms with Gasteiger partial charge in [-0.05, 0) is 36.6 Å². The lowest BCUT2D eigenvalue weighted by molar-refractivity contribution is -0.120. The minimum absolute atomic E-state index is 0.0596. The fourth-order valence-corrected chi connectivity index (χ4v) is 3.96. The van der Waals surface area contributed by atoms with Crippen LogP contribution < -0.4 is 15.4 Å². The largest absolute Gasteiger partial charge is 0.483 e. The Bertz CT molecular complexity index is 1050. The molecule has 2 heterocycles. The number of ether oxygens (including phenoxy) is 1. The molecule has 0 fully saturated rings. The molecule has 2 aromatic carbocycles. The first-order valence-corrected chi connectivity index (χ1v) is 9.41. The molecule has 0 aliphatic carbocycles. The number of fused-ring (bicyclic) bond motifs is 2. The van der Waals surface area contributed by atoms with E-state index in [9.17, 15) is 9.59 Å². The van der Waals surface area contributed by atoms with Crippen LogP contribution in [0.25, 0.3) is 10.9 Å². The minimum Gasteiger partial charge on any atom is -0.483 e. The number of primary amides is 1. The molecule has 0 bridgehead atoms. The van der Waals surface area contributed by atoms with E-state index in [1.165, 1.54) is 0 Å². The van der Waals surface area contributed by atoms with Gasteiger partial charge >= 0.3 is 0 Å². The van der Waals surface area contributed by atoms with Crippen LogP contribution in [0.15, 0.2) is 48.7 Å². The number of carbonyl (C=O) groups excluding carboxylic acids is 2. The molecule has 1 aromatic heterocycles. The standard InChI is InChI=1S/C22H23N3O3/c1-24-13-15(16-6-2-3-8-18(16)24)12-22(27)25-11-5-7-17-19(25)9-4-10-20(17)28-14-21(23)26/h2-4,6,8-10,13H,5,7,11-12,14H2,1H3,(H2,23,26). The maximum atomic E-state index is 13.2. The second-order valence-corrected chi connectivity index (χ2v) is 7.12. The highest BCUT2D eigenvalue weighted by Crippen LogP contribution is 2.35. The van der Waals surface area contributed by atoms with Gasteiger partial charge in [0.25, 0.3) is 5.91 Å². The fourth-order valence-electron chi connectivity index (χ4n) is 3.96. The van der Waals surface area contributed by atoms with Crippen molar-refractivity contribution < 1.29 is 14.3 Å². The van der Waals surface area contributed by atoms with Gasteiger partial charge in [0.1, 0.15) is 5.75 Å². The average molecular weight is 377 g/mol. The molecule has 3 aromatic rings. The number of para-hydroxylation sites is 1. The third-order valence-electron chi connectivity index (χ3n) is 5.20. The summed E-state index contributed by atoms with van der Waals surface area (Å²) in [5.74, 6) is 0.167. The maximum Gasteiger partial charge on any atom is 0.255 e. The highest BCUT2D eigenvalue weighted by atomic mass is 16.5. The van der Waals surface area contributed by atoms with Gasteiger partial charge in [0.2, 0.25) is 5.91 Å². The molecule has 2 amide bonds. The van der Waals surface area contributed by atoms with Gasteiger partial charge in [-0.2, -0.15) is 0 Å². The summed E-state index contributed by atoms with van der Waals surface area (Å²) in [6, 6.07) is 13.7. The monoisotopic (exact) mass is 377 g/mol. The van der Waals surface area contributed by atoms with E-state index in [1.54, 1.807) is 0 Å². The molecular weight excluding hydrogens is 354 g/mol. The van der Waals surface area contributed by atoms with Crippen molar-refractivity contribution in [2.75, 3.05) is 18.1 Å². The number of aromatic nitrogens is 1. The minimum atomic E-state index is -0.516. The van der Waals surface area contributed by atoms with Crippen molar-refractivity contribution >= 4 is 28.4 Å². The van der Waals surface area contributed by atoms with Gasteiger partial charge in [-0.1, -0.05) is 24.3 Å². The van der Waals surface area contributed by atoms with Crippen molar-refractivity contribution in [1.29, 1.82) is 0 Å². The van der Waals surface area contributed by atoms with Crippen molar-refractivity contribution in [1.82, 2.24) is 4.57 Å². The van der Waals surface area contributed by atoms with Crippen LogP contribution in [0.1, 0.15) is 17.5 Å². The molecule has 1 aliphatic heterocycles. The van der Waals surface area contributed by atoms with E-state index in [0.717, 1.165) is 40.6 Å². The number of aryl methyl sites for hydroxylation is 1. The smallest absolute Gasteiger partial charge is 0.255 e. The first kappa shape index (κ1) is 18.1. The Morgan fingerprint density at radius 3 is 2.79 bits per heavy atom. The lowest BCUT2D eigenvalue weighted by atomic mass is 9.99. The van der Waals surface area contributed by atoms with Crippen LogP contribution in [-0.4, -0.2) is 29.5 Å². The topological polar surface area (TPSA) is 77.6 Å². The third-order valence-corrected chi connectivity index (χ3v) is 5.20. The van der Waals surface area contributed by atoms with E-state index >= 15 is 0 Å². The number of anilines is 1. The van der Waals surface area contributed by atoms with Crippen LogP contribution in [0.4, 0.5) is 5.69 Å². The van der Waals surface area contributed by atoms with E-state index in [2.05, 4.69) is 16.7 Å². The van der Waals surface area contributed by atoms with E-state index in [0.29, 0.717) is 18.7 Å². The number of carbonyl (C=O) groups is 2. The normalized spacial score (nSPS) is 13.4. The molecule has 1 aliphatic rings. The molecule has 0 saturated carbocycles. The first-order chi connectivity index (χ1) is 13.5. The Morgan fingerprint density at radius 2 is 1.96 bits per heavy atom. The van der Waals surface area contributed by atoms with Gasteiger partial charge < -0.3 is 19.9 Å². The predicted octanol–water partition coefficient (Wildman–Crippen LogP) is 2.56. The van der Waals surface area contributed by atoms with Gasteiger partial charge in [0, 0.05) is 36.3 Å². The molecule has 28 heavy (non-hydrogen) atoms. The second-order valence-electron chi connectivity index (χ2n) is 7.12. The summed E-state index contributed by atoms with van der Waals surface area (Å²) in [5, 5.41) is 1.11. The van der Waals surface area contributed by atoms with Crippen molar-refractivity contribution in [3.8, 4) is 5.75 Å². The summed E-state index contributed by atoms with van der Waals surface area (Å²) in [6.45, 7) is 0.510. The van der Waals surface area contributed by atoms with Gasteiger partial charge in [-0.25, -0.2) is 0 Å².